The zero-order chi connectivity index (χ0) is 23.0. The minimum absolute atomic E-state index is 0.00202. The van der Waals surface area contributed by atoms with Crippen LogP contribution in [-0.4, -0.2) is 47.1 Å². The number of ether oxygens (including phenoxy) is 1. The minimum atomic E-state index is -0.205. The van der Waals surface area contributed by atoms with Gasteiger partial charge in [0.25, 0.3) is 5.91 Å². The number of halogens is 2. The van der Waals surface area contributed by atoms with Crippen LogP contribution in [0.3, 0.4) is 0 Å². The Kier molecular flexibility index (Phi) is 6.80. The molecule has 31 heavy (non-hydrogen) atoms. The third kappa shape index (κ3) is 5.28. The van der Waals surface area contributed by atoms with Gasteiger partial charge in [-0.1, -0.05) is 29.3 Å². The van der Waals surface area contributed by atoms with E-state index in [-0.39, 0.29) is 28.8 Å². The largest absolute Gasteiger partial charge is 0.491 e. The second-order valence-corrected chi connectivity index (χ2v) is 10.2. The van der Waals surface area contributed by atoms with Crippen LogP contribution in [0.5, 0.6) is 0 Å². The Hall–Kier alpha value is -1.95. The lowest BCUT2D eigenvalue weighted by atomic mass is 9.77. The molecule has 1 amide bonds. The Morgan fingerprint density at radius 2 is 1.77 bits per heavy atom. The average Bonchev–Trinajstić information content (AvgIpc) is 3.04. The number of aromatic nitrogens is 1. The maximum absolute atomic E-state index is 12.8. The number of fused-ring (bicyclic) bond motifs is 1. The number of hydrogen-bond donors (Lipinski definition) is 2. The lowest BCUT2D eigenvalue weighted by Crippen LogP contribution is -2.62. The molecule has 1 aliphatic rings. The highest BCUT2D eigenvalue weighted by Gasteiger charge is 2.43. The molecule has 1 aliphatic heterocycles. The number of likely N-dealkylation sites (tertiary alicyclic amines) is 1. The number of allylic oxidation sites excluding steroid dienone is 2. The monoisotopic (exact) mass is 463 g/mol. The van der Waals surface area contributed by atoms with Crippen molar-refractivity contribution in [2.45, 2.75) is 57.7 Å². The molecule has 5 nitrogen and oxygen atoms in total. The van der Waals surface area contributed by atoms with Gasteiger partial charge in [0, 0.05) is 33.7 Å². The Morgan fingerprint density at radius 3 is 2.39 bits per heavy atom. The first kappa shape index (κ1) is 23.7. The van der Waals surface area contributed by atoms with Crippen molar-refractivity contribution in [2.75, 3.05) is 14.2 Å². The first-order valence-corrected chi connectivity index (χ1v) is 11.1. The van der Waals surface area contributed by atoms with Crippen LogP contribution >= 0.6 is 23.2 Å². The number of carbonyl (C=O) groups excluding carboxylic acids is 1. The lowest BCUT2D eigenvalue weighted by molar-refractivity contribution is -0.122. The molecule has 2 aromatic rings. The molecule has 1 aromatic carbocycles. The summed E-state index contributed by atoms with van der Waals surface area (Å²) in [5.41, 5.74) is 1.77. The van der Waals surface area contributed by atoms with Gasteiger partial charge < -0.3 is 15.0 Å². The van der Waals surface area contributed by atoms with Crippen molar-refractivity contribution in [3.8, 4) is 0 Å². The van der Waals surface area contributed by atoms with Crippen molar-refractivity contribution in [1.29, 1.82) is 0 Å². The topological polar surface area (TPSA) is 57.4 Å². The Morgan fingerprint density at radius 1 is 1.16 bits per heavy atom. The number of methoxy groups -OCH3 is 1. The standard InChI is InChI=1S/C24H31Cl2N3O2/c1-23(2)13-17(14-24(3,4)29(23)5)28-22(30)21(31-6)9-7-8-16-10-15-11-18(25)19(26)12-20(15)27-16/h7-12,17,27H,13-14H2,1-6H3,(H,28,30)/b8-7+,21-9-. The maximum atomic E-state index is 12.8. The number of benzene rings is 1. The predicted octanol–water partition coefficient (Wildman–Crippen LogP) is 5.79. The number of nitrogens with one attached hydrogen (secondary N) is 2. The van der Waals surface area contributed by atoms with Crippen LogP contribution in [0.15, 0.2) is 36.1 Å². The number of amides is 1. The van der Waals surface area contributed by atoms with Gasteiger partial charge in [0.15, 0.2) is 5.76 Å². The van der Waals surface area contributed by atoms with E-state index in [2.05, 4.69) is 49.9 Å². The number of nitrogens with zero attached hydrogens (tertiary/aromatic N) is 1. The molecule has 0 saturated carbocycles. The van der Waals surface area contributed by atoms with Crippen LogP contribution in [0.4, 0.5) is 0 Å². The van der Waals surface area contributed by atoms with Gasteiger partial charge in [-0.05, 0) is 77.9 Å². The van der Waals surface area contributed by atoms with Crippen molar-refractivity contribution in [1.82, 2.24) is 15.2 Å². The summed E-state index contributed by atoms with van der Waals surface area (Å²) in [5.74, 6) is 0.0662. The second-order valence-electron chi connectivity index (χ2n) is 9.43. The van der Waals surface area contributed by atoms with E-state index in [1.165, 1.54) is 7.11 Å². The van der Waals surface area contributed by atoms with E-state index >= 15 is 0 Å². The van der Waals surface area contributed by atoms with Gasteiger partial charge in [0.05, 0.1) is 17.2 Å². The molecule has 1 saturated heterocycles. The molecule has 0 unspecified atom stereocenters. The smallest absolute Gasteiger partial charge is 0.286 e. The van der Waals surface area contributed by atoms with E-state index in [0.717, 1.165) is 29.4 Å². The summed E-state index contributed by atoms with van der Waals surface area (Å²) in [6.45, 7) is 8.85. The van der Waals surface area contributed by atoms with Gasteiger partial charge in [-0.15, -0.1) is 0 Å². The molecule has 0 bridgehead atoms. The summed E-state index contributed by atoms with van der Waals surface area (Å²) in [4.78, 5) is 18.5. The van der Waals surface area contributed by atoms with Crippen LogP contribution < -0.4 is 5.32 Å². The maximum Gasteiger partial charge on any atom is 0.286 e. The van der Waals surface area contributed by atoms with Crippen LogP contribution in [0, 0.1) is 0 Å². The van der Waals surface area contributed by atoms with Gasteiger partial charge in [-0.2, -0.15) is 0 Å². The Balaban J connectivity index is 1.70. The lowest BCUT2D eigenvalue weighted by Gasteiger charge is -2.53. The van der Waals surface area contributed by atoms with Crippen molar-refractivity contribution < 1.29 is 9.53 Å². The summed E-state index contributed by atoms with van der Waals surface area (Å²) in [6, 6.07) is 5.67. The number of piperidine rings is 1. The van der Waals surface area contributed by atoms with E-state index < -0.39 is 0 Å². The molecule has 2 heterocycles. The number of H-pyrrole nitrogens is 1. The van der Waals surface area contributed by atoms with Crippen LogP contribution in [0.1, 0.15) is 46.2 Å². The van der Waals surface area contributed by atoms with Crippen LogP contribution in [0.25, 0.3) is 17.0 Å². The Labute approximate surface area is 194 Å². The summed E-state index contributed by atoms with van der Waals surface area (Å²) in [6.07, 6.45) is 7.09. The minimum Gasteiger partial charge on any atom is -0.491 e. The van der Waals surface area contributed by atoms with Crippen molar-refractivity contribution >= 4 is 46.1 Å². The van der Waals surface area contributed by atoms with Gasteiger partial charge in [-0.25, -0.2) is 0 Å². The molecule has 1 fully saturated rings. The molecule has 168 valence electrons. The molecule has 1 aromatic heterocycles. The fourth-order valence-electron chi connectivity index (χ4n) is 4.44. The van der Waals surface area contributed by atoms with Crippen molar-refractivity contribution in [2.24, 2.45) is 0 Å². The fraction of sp³-hybridized carbons (Fsp3) is 0.458. The van der Waals surface area contributed by atoms with Crippen LogP contribution in [0.2, 0.25) is 10.0 Å². The molecular weight excluding hydrogens is 433 g/mol. The quantitative estimate of drug-likeness (QED) is 0.335. The van der Waals surface area contributed by atoms with E-state index in [4.69, 9.17) is 27.9 Å². The Bertz CT molecular complexity index is 980. The van der Waals surface area contributed by atoms with Crippen molar-refractivity contribution in [3.05, 3.63) is 51.8 Å². The third-order valence-electron chi connectivity index (χ3n) is 6.29. The van der Waals surface area contributed by atoms with Gasteiger partial charge >= 0.3 is 0 Å². The summed E-state index contributed by atoms with van der Waals surface area (Å²) < 4.78 is 5.35. The highest BCUT2D eigenvalue weighted by Crippen LogP contribution is 2.37. The molecule has 7 heteroatoms. The predicted molar refractivity (Wildman–Crippen MR) is 130 cm³/mol. The third-order valence-corrected chi connectivity index (χ3v) is 7.01. The average molecular weight is 464 g/mol. The molecule has 3 rings (SSSR count). The van der Waals surface area contributed by atoms with Gasteiger partial charge in [0.1, 0.15) is 0 Å². The van der Waals surface area contributed by atoms with Crippen LogP contribution in [-0.2, 0) is 9.53 Å². The summed E-state index contributed by atoms with van der Waals surface area (Å²) in [7, 11) is 3.66. The highest BCUT2D eigenvalue weighted by molar-refractivity contribution is 6.42. The fourth-order valence-corrected chi connectivity index (χ4v) is 4.78. The molecule has 0 radical (unpaired) electrons. The molecule has 0 aliphatic carbocycles. The number of carbonyl (C=O) groups is 1. The number of rotatable bonds is 5. The first-order chi connectivity index (χ1) is 14.4. The van der Waals surface area contributed by atoms with E-state index in [9.17, 15) is 4.79 Å². The molecule has 0 spiro atoms. The van der Waals surface area contributed by atoms with E-state index in [1.54, 1.807) is 18.2 Å². The SMILES string of the molecule is CO/C(=C\C=C\c1cc2cc(Cl)c(Cl)cc2[nH]1)C(=O)NC1CC(C)(C)N(C)C(C)(C)C1. The van der Waals surface area contributed by atoms with E-state index in [0.29, 0.717) is 10.0 Å². The molecule has 0 atom stereocenters. The zero-order valence-corrected chi connectivity index (χ0v) is 20.5. The number of aromatic amines is 1. The number of hydrogen-bond acceptors (Lipinski definition) is 3. The second kappa shape index (κ2) is 8.89. The molecular formula is C24H31Cl2N3O2. The highest BCUT2D eigenvalue weighted by atomic mass is 35.5. The normalized spacial score (nSPS) is 19.8. The molecule has 2 N–H and O–H groups in total. The van der Waals surface area contributed by atoms with Crippen molar-refractivity contribution in [3.63, 3.8) is 0 Å². The summed E-state index contributed by atoms with van der Waals surface area (Å²) in [5, 5.41) is 5.14. The zero-order valence-electron chi connectivity index (χ0n) is 19.0. The summed E-state index contributed by atoms with van der Waals surface area (Å²) >= 11 is 12.2. The van der Waals surface area contributed by atoms with E-state index in [1.807, 2.05) is 18.2 Å². The van der Waals surface area contributed by atoms with Gasteiger partial charge in [0.2, 0.25) is 0 Å². The van der Waals surface area contributed by atoms with Gasteiger partial charge in [-0.3, -0.25) is 9.69 Å². The first-order valence-electron chi connectivity index (χ1n) is 10.4.